The summed E-state index contributed by atoms with van der Waals surface area (Å²) in [6, 6.07) is 0.365. The number of nitrogens with zero attached hydrogens (tertiary/aromatic N) is 1. The zero-order valence-electron chi connectivity index (χ0n) is 10.7. The van der Waals surface area contributed by atoms with Crippen molar-refractivity contribution < 1.29 is 9.90 Å². The van der Waals surface area contributed by atoms with E-state index in [9.17, 15) is 9.90 Å². The molecule has 1 heterocycles. The van der Waals surface area contributed by atoms with Crippen molar-refractivity contribution in [1.82, 2.24) is 10.2 Å². The number of nitrogens with one attached hydrogen (secondary N) is 1. The summed E-state index contributed by atoms with van der Waals surface area (Å²) in [6.45, 7) is 4.16. The standard InChI is InChI=1S/C13H24N2O2/c1-10-4-2-3-5-12(10)14-13(17)9-15-7-6-11(16)8-15/h10-12,16H,2-9H2,1H3,(H,14,17)/t10?,11-,12?/m1/s1. The highest BCUT2D eigenvalue weighted by Gasteiger charge is 2.25. The smallest absolute Gasteiger partial charge is 0.234 e. The fourth-order valence-corrected chi connectivity index (χ4v) is 2.94. The second-order valence-corrected chi connectivity index (χ2v) is 5.61. The molecule has 2 unspecified atom stereocenters. The van der Waals surface area contributed by atoms with Crippen molar-refractivity contribution in [2.24, 2.45) is 5.92 Å². The largest absolute Gasteiger partial charge is 0.392 e. The van der Waals surface area contributed by atoms with Crippen LogP contribution in [0.15, 0.2) is 0 Å². The lowest BCUT2D eigenvalue weighted by Gasteiger charge is -2.30. The van der Waals surface area contributed by atoms with Crippen LogP contribution in [0.2, 0.25) is 0 Å². The summed E-state index contributed by atoms with van der Waals surface area (Å²) < 4.78 is 0. The number of aliphatic hydroxyl groups excluding tert-OH is 1. The number of β-amino-alcohol motifs (C(OH)–C–C–N with tert-alkyl or cyclic N) is 1. The molecule has 0 bridgehead atoms. The molecule has 0 radical (unpaired) electrons. The number of amides is 1. The molecule has 2 fully saturated rings. The van der Waals surface area contributed by atoms with Gasteiger partial charge in [0.2, 0.25) is 5.91 Å². The maximum atomic E-state index is 11.9. The number of rotatable bonds is 3. The molecule has 98 valence electrons. The zero-order valence-corrected chi connectivity index (χ0v) is 10.7. The number of hydrogen-bond acceptors (Lipinski definition) is 3. The van der Waals surface area contributed by atoms with Gasteiger partial charge in [-0.3, -0.25) is 9.69 Å². The van der Waals surface area contributed by atoms with Gasteiger partial charge in [-0.2, -0.15) is 0 Å². The third-order valence-electron chi connectivity index (χ3n) is 4.07. The van der Waals surface area contributed by atoms with E-state index >= 15 is 0 Å². The monoisotopic (exact) mass is 240 g/mol. The Hall–Kier alpha value is -0.610. The number of aliphatic hydroxyl groups is 1. The van der Waals surface area contributed by atoms with Crippen LogP contribution in [0.5, 0.6) is 0 Å². The summed E-state index contributed by atoms with van der Waals surface area (Å²) in [7, 11) is 0. The molecule has 1 aliphatic heterocycles. The van der Waals surface area contributed by atoms with Crippen LogP contribution < -0.4 is 5.32 Å². The molecule has 3 atom stereocenters. The maximum absolute atomic E-state index is 11.9. The third-order valence-corrected chi connectivity index (χ3v) is 4.07. The molecule has 1 saturated heterocycles. The second kappa shape index (κ2) is 5.83. The van der Waals surface area contributed by atoms with Crippen molar-refractivity contribution in [3.63, 3.8) is 0 Å². The highest BCUT2D eigenvalue weighted by molar-refractivity contribution is 5.78. The van der Waals surface area contributed by atoms with E-state index < -0.39 is 0 Å². The van der Waals surface area contributed by atoms with Crippen LogP contribution in [0.1, 0.15) is 39.0 Å². The summed E-state index contributed by atoms with van der Waals surface area (Å²) in [5.41, 5.74) is 0. The van der Waals surface area contributed by atoms with E-state index in [1.165, 1.54) is 19.3 Å². The fraction of sp³-hybridized carbons (Fsp3) is 0.923. The first-order chi connectivity index (χ1) is 8.15. The van der Waals surface area contributed by atoms with Crippen molar-refractivity contribution in [2.75, 3.05) is 19.6 Å². The lowest BCUT2D eigenvalue weighted by atomic mass is 9.86. The third kappa shape index (κ3) is 3.68. The molecular weight excluding hydrogens is 216 g/mol. The van der Waals surface area contributed by atoms with Gasteiger partial charge in [-0.1, -0.05) is 19.8 Å². The van der Waals surface area contributed by atoms with Crippen LogP contribution in [-0.2, 0) is 4.79 Å². The molecule has 0 aromatic heterocycles. The van der Waals surface area contributed by atoms with E-state index in [2.05, 4.69) is 12.2 Å². The minimum atomic E-state index is -0.239. The topological polar surface area (TPSA) is 52.6 Å². The number of carbonyl (C=O) groups excluding carboxylic acids is 1. The van der Waals surface area contributed by atoms with Crippen molar-refractivity contribution in [1.29, 1.82) is 0 Å². The average Bonchev–Trinajstić information content (AvgIpc) is 2.67. The summed E-state index contributed by atoms with van der Waals surface area (Å²) in [6.07, 6.45) is 5.44. The number of hydrogen-bond donors (Lipinski definition) is 2. The van der Waals surface area contributed by atoms with Gasteiger partial charge in [0.15, 0.2) is 0 Å². The molecule has 1 aliphatic carbocycles. The summed E-state index contributed by atoms with van der Waals surface area (Å²) in [5.74, 6) is 0.731. The molecule has 17 heavy (non-hydrogen) atoms. The maximum Gasteiger partial charge on any atom is 0.234 e. The van der Waals surface area contributed by atoms with Gasteiger partial charge >= 0.3 is 0 Å². The van der Waals surface area contributed by atoms with E-state index in [0.29, 0.717) is 25.0 Å². The lowest BCUT2D eigenvalue weighted by Crippen LogP contribution is -2.45. The molecule has 2 aliphatic rings. The van der Waals surface area contributed by atoms with Gasteiger partial charge in [-0.05, 0) is 25.2 Å². The first-order valence-electron chi connectivity index (χ1n) is 6.85. The van der Waals surface area contributed by atoms with Gasteiger partial charge in [0.05, 0.1) is 12.6 Å². The predicted octanol–water partition coefficient (Wildman–Crippen LogP) is 0.748. The Kier molecular flexibility index (Phi) is 4.40. The average molecular weight is 240 g/mol. The zero-order chi connectivity index (χ0) is 12.3. The predicted molar refractivity (Wildman–Crippen MR) is 66.6 cm³/mol. The summed E-state index contributed by atoms with van der Waals surface area (Å²) in [5, 5.41) is 12.6. The molecule has 1 saturated carbocycles. The molecule has 4 heteroatoms. The molecule has 2 N–H and O–H groups in total. The number of likely N-dealkylation sites (tertiary alicyclic amines) is 1. The van der Waals surface area contributed by atoms with Crippen molar-refractivity contribution in [2.45, 2.75) is 51.2 Å². The van der Waals surface area contributed by atoms with Crippen molar-refractivity contribution >= 4 is 5.91 Å². The van der Waals surface area contributed by atoms with Crippen molar-refractivity contribution in [3.8, 4) is 0 Å². The van der Waals surface area contributed by atoms with Crippen LogP contribution >= 0.6 is 0 Å². The van der Waals surface area contributed by atoms with Gasteiger partial charge in [-0.25, -0.2) is 0 Å². The van der Waals surface area contributed by atoms with E-state index in [1.807, 2.05) is 4.90 Å². The second-order valence-electron chi connectivity index (χ2n) is 5.61. The fourth-order valence-electron chi connectivity index (χ4n) is 2.94. The van der Waals surface area contributed by atoms with Gasteiger partial charge < -0.3 is 10.4 Å². The van der Waals surface area contributed by atoms with Crippen LogP contribution in [-0.4, -0.2) is 47.7 Å². The Balaban J connectivity index is 1.73. The SMILES string of the molecule is CC1CCCCC1NC(=O)CN1CC[C@@H](O)C1. The molecule has 4 nitrogen and oxygen atoms in total. The Morgan fingerprint density at radius 1 is 1.35 bits per heavy atom. The molecule has 0 aromatic carbocycles. The first-order valence-corrected chi connectivity index (χ1v) is 6.85. The van der Waals surface area contributed by atoms with E-state index in [4.69, 9.17) is 0 Å². The van der Waals surface area contributed by atoms with E-state index in [0.717, 1.165) is 19.4 Å². The summed E-state index contributed by atoms with van der Waals surface area (Å²) >= 11 is 0. The van der Waals surface area contributed by atoms with E-state index in [-0.39, 0.29) is 12.0 Å². The molecule has 0 spiro atoms. The minimum absolute atomic E-state index is 0.123. The Morgan fingerprint density at radius 2 is 2.12 bits per heavy atom. The van der Waals surface area contributed by atoms with Gasteiger partial charge in [0.1, 0.15) is 0 Å². The van der Waals surface area contributed by atoms with Crippen LogP contribution in [0.4, 0.5) is 0 Å². The summed E-state index contributed by atoms with van der Waals surface area (Å²) in [4.78, 5) is 13.9. The van der Waals surface area contributed by atoms with Gasteiger partial charge in [0, 0.05) is 19.1 Å². The lowest BCUT2D eigenvalue weighted by molar-refractivity contribution is -0.123. The Labute approximate surface area is 103 Å². The normalized spacial score (nSPS) is 34.8. The molecule has 1 amide bonds. The van der Waals surface area contributed by atoms with Gasteiger partial charge in [-0.15, -0.1) is 0 Å². The number of carbonyl (C=O) groups is 1. The Bertz CT molecular complexity index is 270. The van der Waals surface area contributed by atoms with E-state index in [1.54, 1.807) is 0 Å². The van der Waals surface area contributed by atoms with Crippen LogP contribution in [0.25, 0.3) is 0 Å². The molecule has 2 rings (SSSR count). The highest BCUT2D eigenvalue weighted by Crippen LogP contribution is 2.23. The van der Waals surface area contributed by atoms with Gasteiger partial charge in [0.25, 0.3) is 0 Å². The quantitative estimate of drug-likeness (QED) is 0.765. The van der Waals surface area contributed by atoms with Crippen molar-refractivity contribution in [3.05, 3.63) is 0 Å². The minimum Gasteiger partial charge on any atom is -0.392 e. The Morgan fingerprint density at radius 3 is 2.76 bits per heavy atom. The molecule has 0 aromatic rings. The van der Waals surface area contributed by atoms with Crippen LogP contribution in [0.3, 0.4) is 0 Å². The van der Waals surface area contributed by atoms with Crippen LogP contribution in [0, 0.1) is 5.92 Å². The molecular formula is C13H24N2O2. The first kappa shape index (κ1) is 12.8. The highest BCUT2D eigenvalue weighted by atomic mass is 16.3.